The molecule has 4 rings (SSSR count). The maximum absolute atomic E-state index is 14.4. The number of hydrogen-bond acceptors (Lipinski definition) is 3. The van der Waals surface area contributed by atoms with E-state index in [2.05, 4.69) is 4.98 Å². The molecule has 0 bridgehead atoms. The number of aliphatic hydroxyl groups excluding tert-OH is 2. The molecule has 0 saturated heterocycles. The summed E-state index contributed by atoms with van der Waals surface area (Å²) in [5.41, 5.74) is 2.15. The van der Waals surface area contributed by atoms with E-state index in [1.807, 2.05) is 0 Å². The van der Waals surface area contributed by atoms with E-state index in [0.29, 0.717) is 29.5 Å². The predicted molar refractivity (Wildman–Crippen MR) is 106 cm³/mol. The van der Waals surface area contributed by atoms with Crippen LogP contribution in [0.5, 0.6) is 0 Å². The van der Waals surface area contributed by atoms with Crippen molar-refractivity contribution in [1.29, 1.82) is 0 Å². The van der Waals surface area contributed by atoms with Crippen molar-refractivity contribution in [2.45, 2.75) is 25.2 Å². The van der Waals surface area contributed by atoms with E-state index in [-0.39, 0.29) is 42.8 Å². The summed E-state index contributed by atoms with van der Waals surface area (Å²) in [7, 11) is 0. The third-order valence-corrected chi connectivity index (χ3v) is 6.01. The molecule has 1 saturated carbocycles. The Bertz CT molecular complexity index is 1070. The number of aromatic nitrogens is 1. The lowest BCUT2D eigenvalue weighted by Gasteiger charge is -2.35. The number of rotatable bonds is 7. The molecular formula is C23H22F3NO3. The molecule has 1 aromatic heterocycles. The van der Waals surface area contributed by atoms with E-state index in [1.54, 1.807) is 12.1 Å². The molecule has 0 radical (unpaired) electrons. The van der Waals surface area contributed by atoms with Gasteiger partial charge in [0.25, 0.3) is 0 Å². The number of hydrogen-bond donors (Lipinski definition) is 3. The second-order valence-corrected chi connectivity index (χ2v) is 8.00. The van der Waals surface area contributed by atoms with Gasteiger partial charge in [0.2, 0.25) is 0 Å². The summed E-state index contributed by atoms with van der Waals surface area (Å²) in [5.74, 6) is -2.60. The fourth-order valence-corrected chi connectivity index (χ4v) is 4.26. The number of carbonyl (C=O) groups is 1. The Labute approximate surface area is 171 Å². The quantitative estimate of drug-likeness (QED) is 0.537. The van der Waals surface area contributed by atoms with Crippen LogP contribution in [0.2, 0.25) is 0 Å². The van der Waals surface area contributed by atoms with Crippen molar-refractivity contribution in [1.82, 2.24) is 4.98 Å². The first kappa shape index (κ1) is 20.6. The van der Waals surface area contributed by atoms with E-state index in [0.717, 1.165) is 11.6 Å². The Morgan fingerprint density at radius 3 is 2.33 bits per heavy atom. The number of nitrogens with one attached hydrogen (secondary N) is 1. The summed E-state index contributed by atoms with van der Waals surface area (Å²) in [4.78, 5) is 15.5. The number of fused-ring (bicyclic) bond motifs is 1. The molecule has 7 heteroatoms. The van der Waals surface area contributed by atoms with E-state index >= 15 is 0 Å². The zero-order chi connectivity index (χ0) is 21.4. The van der Waals surface area contributed by atoms with Gasteiger partial charge in [-0.05, 0) is 60.2 Å². The number of Topliss-reactive ketones (excluding diaryl/α,β-unsaturated/α-hetero) is 1. The normalized spacial score (nSPS) is 18.7. The summed E-state index contributed by atoms with van der Waals surface area (Å²) >= 11 is 0. The number of H-pyrrole nitrogens is 1. The largest absolute Gasteiger partial charge is 0.396 e. The van der Waals surface area contributed by atoms with Crippen LogP contribution in [0.3, 0.4) is 0 Å². The zero-order valence-corrected chi connectivity index (χ0v) is 16.2. The molecule has 1 heterocycles. The first-order valence-corrected chi connectivity index (χ1v) is 9.92. The summed E-state index contributed by atoms with van der Waals surface area (Å²) in [6, 6.07) is 7.85. The zero-order valence-electron chi connectivity index (χ0n) is 16.2. The molecule has 0 amide bonds. The molecule has 0 spiro atoms. The molecule has 4 nitrogen and oxygen atoms in total. The van der Waals surface area contributed by atoms with Crippen LogP contribution < -0.4 is 0 Å². The first-order chi connectivity index (χ1) is 14.4. The highest BCUT2D eigenvalue weighted by Gasteiger charge is 2.38. The number of halogens is 3. The van der Waals surface area contributed by atoms with Crippen LogP contribution in [0.4, 0.5) is 13.2 Å². The number of benzene rings is 2. The highest BCUT2D eigenvalue weighted by Crippen LogP contribution is 2.49. The molecule has 30 heavy (non-hydrogen) atoms. The fourth-order valence-electron chi connectivity index (χ4n) is 4.26. The van der Waals surface area contributed by atoms with Gasteiger partial charge in [-0.1, -0.05) is 0 Å². The maximum Gasteiger partial charge on any atom is 0.150 e. The van der Waals surface area contributed by atoms with Gasteiger partial charge in [-0.2, -0.15) is 0 Å². The highest BCUT2D eigenvalue weighted by atomic mass is 19.1. The van der Waals surface area contributed by atoms with Crippen LogP contribution >= 0.6 is 0 Å². The second kappa shape index (κ2) is 8.24. The predicted octanol–water partition coefficient (Wildman–Crippen LogP) is 4.31. The molecule has 0 atom stereocenters. The van der Waals surface area contributed by atoms with Gasteiger partial charge in [0, 0.05) is 42.9 Å². The van der Waals surface area contributed by atoms with Crippen molar-refractivity contribution >= 4 is 16.7 Å². The average Bonchev–Trinajstić information content (AvgIpc) is 3.05. The minimum atomic E-state index is -0.708. The Morgan fingerprint density at radius 2 is 1.70 bits per heavy atom. The molecule has 158 valence electrons. The van der Waals surface area contributed by atoms with Crippen molar-refractivity contribution in [3.63, 3.8) is 0 Å². The standard InChI is InChI=1S/C23H22F3NO3/c24-16-3-1-13(2-4-16)22-21(18-8-17(25)9-19(26)23(18)27-22)15-6-14(7-15)20(30)5-12(10-28)11-29/h1-4,8-9,12,14-15,27-29H,5-7,10-11H2. The van der Waals surface area contributed by atoms with Gasteiger partial charge in [0.1, 0.15) is 23.2 Å². The maximum atomic E-state index is 14.4. The minimum absolute atomic E-state index is 0.0279. The SMILES string of the molecule is O=C(CC(CO)CO)C1CC(c2c(-c3ccc(F)cc3)[nH]c3c(F)cc(F)cc23)C1. The second-order valence-electron chi connectivity index (χ2n) is 8.00. The Balaban J connectivity index is 1.67. The molecule has 1 aliphatic carbocycles. The fraction of sp³-hybridized carbons (Fsp3) is 0.348. The molecule has 0 unspecified atom stereocenters. The Morgan fingerprint density at radius 1 is 1.03 bits per heavy atom. The summed E-state index contributed by atoms with van der Waals surface area (Å²) in [6.45, 7) is -0.512. The van der Waals surface area contributed by atoms with Gasteiger partial charge in [-0.15, -0.1) is 0 Å². The average molecular weight is 417 g/mol. The smallest absolute Gasteiger partial charge is 0.150 e. The molecule has 2 aromatic carbocycles. The Kier molecular flexibility index (Phi) is 5.66. The highest BCUT2D eigenvalue weighted by molar-refractivity contribution is 5.92. The monoisotopic (exact) mass is 417 g/mol. The molecular weight excluding hydrogens is 395 g/mol. The van der Waals surface area contributed by atoms with Crippen LogP contribution in [-0.2, 0) is 4.79 Å². The van der Waals surface area contributed by atoms with Crippen molar-refractivity contribution < 1.29 is 28.2 Å². The van der Waals surface area contributed by atoms with Crippen LogP contribution in [-0.4, -0.2) is 34.2 Å². The van der Waals surface area contributed by atoms with Crippen molar-refractivity contribution in [3.05, 3.63) is 59.4 Å². The summed E-state index contributed by atoms with van der Waals surface area (Å²) < 4.78 is 41.7. The molecule has 3 N–H and O–H groups in total. The lowest BCUT2D eigenvalue weighted by molar-refractivity contribution is -0.127. The number of aromatic amines is 1. The number of carbonyl (C=O) groups excluding carboxylic acids is 1. The van der Waals surface area contributed by atoms with Gasteiger partial charge < -0.3 is 15.2 Å². The molecule has 1 fully saturated rings. The van der Waals surface area contributed by atoms with E-state index in [1.165, 1.54) is 18.2 Å². The third-order valence-electron chi connectivity index (χ3n) is 6.01. The van der Waals surface area contributed by atoms with Crippen molar-refractivity contribution in [2.24, 2.45) is 11.8 Å². The first-order valence-electron chi connectivity index (χ1n) is 9.92. The van der Waals surface area contributed by atoms with Crippen LogP contribution in [0, 0.1) is 29.3 Å². The molecule has 1 aliphatic rings. The number of ketones is 1. The number of aliphatic hydroxyl groups is 2. The lowest BCUT2D eigenvalue weighted by atomic mass is 9.67. The van der Waals surface area contributed by atoms with Gasteiger partial charge in [0.15, 0.2) is 0 Å². The minimum Gasteiger partial charge on any atom is -0.396 e. The van der Waals surface area contributed by atoms with Gasteiger partial charge in [-0.25, -0.2) is 13.2 Å². The van der Waals surface area contributed by atoms with E-state index in [9.17, 15) is 28.2 Å². The topological polar surface area (TPSA) is 73.3 Å². The van der Waals surface area contributed by atoms with Crippen LogP contribution in [0.1, 0.15) is 30.7 Å². The summed E-state index contributed by atoms with van der Waals surface area (Å²) in [5, 5.41) is 18.8. The van der Waals surface area contributed by atoms with Crippen LogP contribution in [0.15, 0.2) is 36.4 Å². The van der Waals surface area contributed by atoms with E-state index in [4.69, 9.17) is 0 Å². The molecule has 0 aliphatic heterocycles. The van der Waals surface area contributed by atoms with Gasteiger partial charge in [0.05, 0.1) is 11.2 Å². The lowest BCUT2D eigenvalue weighted by Crippen LogP contribution is -2.31. The summed E-state index contributed by atoms with van der Waals surface area (Å²) in [6.07, 6.45) is 1.13. The van der Waals surface area contributed by atoms with E-state index < -0.39 is 23.4 Å². The molecule has 3 aromatic rings. The van der Waals surface area contributed by atoms with Crippen molar-refractivity contribution in [3.8, 4) is 11.3 Å². The third kappa shape index (κ3) is 3.75. The van der Waals surface area contributed by atoms with Crippen LogP contribution in [0.25, 0.3) is 22.2 Å². The van der Waals surface area contributed by atoms with Gasteiger partial charge >= 0.3 is 0 Å². The van der Waals surface area contributed by atoms with Gasteiger partial charge in [-0.3, -0.25) is 4.79 Å². The van der Waals surface area contributed by atoms with Crippen molar-refractivity contribution in [2.75, 3.05) is 13.2 Å². The Hall–Kier alpha value is -2.64.